The third kappa shape index (κ3) is 5.14. The maximum Gasteiger partial charge on any atom is 0.341 e. The Morgan fingerprint density at radius 1 is 1.07 bits per heavy atom. The number of carboxylic acids is 1. The first-order valence-electron chi connectivity index (χ1n) is 12.0. The topological polar surface area (TPSA) is 147 Å². The molecule has 40 heavy (non-hydrogen) atoms. The molecular formula is C27H21F3N6O4. The van der Waals surface area contributed by atoms with Crippen LogP contribution in [0, 0.1) is 17.5 Å². The van der Waals surface area contributed by atoms with Crippen LogP contribution in [0.15, 0.2) is 70.5 Å². The number of carbonyl (C=O) groups is 1. The van der Waals surface area contributed by atoms with Crippen molar-refractivity contribution < 1.29 is 23.1 Å². The standard InChI is InChI=1S/C19H15F3N4O3.C8H6N2O/c20-9-1-2-15(13(21)5-9)26-8-12(19(28)29)16(27)11-6-14(22)18(24-17(11)26)25-4-3-10(23)7-25;11-7-4-3-6-2-1-5-9-8(6)10-7/h1-2,5-6,8,10H,3-4,7,23H2,(H,28,29);1-5H,(H,9,10,11). The number of fused-ring (bicyclic) bond motifs is 2. The van der Waals surface area contributed by atoms with Crippen LogP contribution in [-0.4, -0.2) is 49.7 Å². The van der Waals surface area contributed by atoms with Crippen LogP contribution in [0.4, 0.5) is 19.0 Å². The Bertz CT molecular complexity index is 1890. The molecule has 13 heteroatoms. The molecule has 4 aromatic heterocycles. The van der Waals surface area contributed by atoms with Gasteiger partial charge in [0.25, 0.3) is 0 Å². The van der Waals surface area contributed by atoms with E-state index >= 15 is 0 Å². The van der Waals surface area contributed by atoms with Gasteiger partial charge in [0, 0.05) is 49.0 Å². The van der Waals surface area contributed by atoms with Gasteiger partial charge >= 0.3 is 5.97 Å². The number of aromatic amines is 1. The van der Waals surface area contributed by atoms with Gasteiger partial charge in [0.2, 0.25) is 11.0 Å². The second-order valence-electron chi connectivity index (χ2n) is 9.07. The highest BCUT2D eigenvalue weighted by Gasteiger charge is 2.26. The van der Waals surface area contributed by atoms with Crippen molar-refractivity contribution in [3.63, 3.8) is 0 Å². The molecule has 1 fully saturated rings. The summed E-state index contributed by atoms with van der Waals surface area (Å²) in [5.74, 6) is -4.30. The van der Waals surface area contributed by atoms with Gasteiger partial charge in [-0.15, -0.1) is 0 Å². The molecule has 0 amide bonds. The number of carboxylic acid groups (broad SMARTS) is 1. The van der Waals surface area contributed by atoms with Crippen LogP contribution in [0.2, 0.25) is 0 Å². The summed E-state index contributed by atoms with van der Waals surface area (Å²) in [5, 5.41) is 9.95. The van der Waals surface area contributed by atoms with Gasteiger partial charge < -0.3 is 20.7 Å². The van der Waals surface area contributed by atoms with Crippen molar-refractivity contribution in [2.24, 2.45) is 5.73 Å². The van der Waals surface area contributed by atoms with E-state index in [1.807, 2.05) is 12.1 Å². The number of anilines is 1. The number of H-pyrrole nitrogens is 1. The Kier molecular flexibility index (Phi) is 7.05. The maximum atomic E-state index is 14.7. The van der Waals surface area contributed by atoms with Crippen LogP contribution < -0.4 is 21.6 Å². The fourth-order valence-corrected chi connectivity index (χ4v) is 4.41. The molecule has 10 nitrogen and oxygen atoms in total. The molecule has 1 aliphatic rings. The van der Waals surface area contributed by atoms with E-state index in [-0.39, 0.29) is 34.1 Å². The third-order valence-electron chi connectivity index (χ3n) is 6.33. The van der Waals surface area contributed by atoms with Crippen molar-refractivity contribution in [2.45, 2.75) is 12.5 Å². The number of hydrogen-bond donors (Lipinski definition) is 3. The van der Waals surface area contributed by atoms with Crippen LogP contribution in [0.5, 0.6) is 0 Å². The number of hydrogen-bond acceptors (Lipinski definition) is 7. The fourth-order valence-electron chi connectivity index (χ4n) is 4.41. The quantitative estimate of drug-likeness (QED) is 0.311. The SMILES string of the molecule is NC1CCN(c2nc3c(cc2F)c(=O)c(C(=O)O)cn3-c2ccc(F)cc2F)C1.O=c1ccc2cccnc2[nH]1. The lowest BCUT2D eigenvalue weighted by Crippen LogP contribution is -2.28. The predicted octanol–water partition coefficient (Wildman–Crippen LogP) is 2.96. The van der Waals surface area contributed by atoms with E-state index in [0.717, 1.165) is 34.3 Å². The summed E-state index contributed by atoms with van der Waals surface area (Å²) in [6.45, 7) is 0.788. The molecule has 4 N–H and O–H groups in total. The predicted molar refractivity (Wildman–Crippen MR) is 141 cm³/mol. The first-order chi connectivity index (χ1) is 19.1. The molecule has 204 valence electrons. The Balaban J connectivity index is 0.000000244. The maximum absolute atomic E-state index is 14.7. The molecular weight excluding hydrogens is 529 g/mol. The van der Waals surface area contributed by atoms with Crippen molar-refractivity contribution in [1.82, 2.24) is 19.5 Å². The smallest absolute Gasteiger partial charge is 0.341 e. The molecule has 6 rings (SSSR count). The normalized spacial score (nSPS) is 14.8. The number of benzene rings is 1. The molecule has 5 aromatic rings. The Labute approximate surface area is 223 Å². The monoisotopic (exact) mass is 550 g/mol. The lowest BCUT2D eigenvalue weighted by Gasteiger charge is -2.19. The molecule has 0 radical (unpaired) electrons. The second-order valence-corrected chi connectivity index (χ2v) is 9.07. The highest BCUT2D eigenvalue weighted by Crippen LogP contribution is 2.26. The molecule has 0 bridgehead atoms. The van der Waals surface area contributed by atoms with Crippen molar-refractivity contribution in [3.8, 4) is 5.69 Å². The van der Waals surface area contributed by atoms with Gasteiger partial charge in [-0.05, 0) is 42.8 Å². The molecule has 0 saturated carbocycles. The molecule has 5 heterocycles. The number of pyridine rings is 4. The van der Waals surface area contributed by atoms with Crippen molar-refractivity contribution in [1.29, 1.82) is 0 Å². The zero-order chi connectivity index (χ0) is 28.6. The second kappa shape index (κ2) is 10.6. The summed E-state index contributed by atoms with van der Waals surface area (Å²) in [6.07, 6.45) is 3.17. The molecule has 1 atom stereocenters. The van der Waals surface area contributed by atoms with Gasteiger partial charge in [0.15, 0.2) is 17.3 Å². The summed E-state index contributed by atoms with van der Waals surface area (Å²) in [5.41, 5.74) is 4.35. The Morgan fingerprint density at radius 2 is 1.88 bits per heavy atom. The van der Waals surface area contributed by atoms with Gasteiger partial charge in [-0.25, -0.2) is 27.9 Å². The van der Waals surface area contributed by atoms with Gasteiger partial charge in [-0.1, -0.05) is 0 Å². The summed E-state index contributed by atoms with van der Waals surface area (Å²) in [4.78, 5) is 47.2. The highest BCUT2D eigenvalue weighted by atomic mass is 19.1. The zero-order valence-electron chi connectivity index (χ0n) is 20.6. The van der Waals surface area contributed by atoms with E-state index in [2.05, 4.69) is 15.0 Å². The van der Waals surface area contributed by atoms with E-state index in [0.29, 0.717) is 31.2 Å². The van der Waals surface area contributed by atoms with Crippen molar-refractivity contribution >= 4 is 33.9 Å². The molecule has 1 aliphatic heterocycles. The first-order valence-corrected chi connectivity index (χ1v) is 12.0. The average Bonchev–Trinajstić information content (AvgIpc) is 3.35. The highest BCUT2D eigenvalue weighted by molar-refractivity contribution is 5.92. The molecule has 0 aliphatic carbocycles. The zero-order valence-corrected chi connectivity index (χ0v) is 20.6. The van der Waals surface area contributed by atoms with E-state index in [1.165, 1.54) is 6.07 Å². The van der Waals surface area contributed by atoms with E-state index in [1.54, 1.807) is 17.2 Å². The minimum absolute atomic E-state index is 0.0794. The molecule has 1 unspecified atom stereocenters. The number of aromatic carboxylic acids is 1. The van der Waals surface area contributed by atoms with Crippen LogP contribution in [0.1, 0.15) is 16.8 Å². The van der Waals surface area contributed by atoms with Crippen molar-refractivity contribution in [2.75, 3.05) is 18.0 Å². The van der Waals surface area contributed by atoms with Gasteiger partial charge in [-0.3, -0.25) is 14.2 Å². The summed E-state index contributed by atoms with van der Waals surface area (Å²) in [7, 11) is 0. The van der Waals surface area contributed by atoms with Crippen LogP contribution >= 0.6 is 0 Å². The Morgan fingerprint density at radius 3 is 2.58 bits per heavy atom. The molecule has 1 aromatic carbocycles. The number of aromatic nitrogens is 4. The lowest BCUT2D eigenvalue weighted by atomic mass is 10.1. The number of nitrogens with two attached hydrogens (primary N) is 1. The average molecular weight is 550 g/mol. The van der Waals surface area contributed by atoms with Crippen LogP contribution in [0.25, 0.3) is 27.8 Å². The number of rotatable bonds is 3. The van der Waals surface area contributed by atoms with Gasteiger partial charge in [-0.2, -0.15) is 0 Å². The van der Waals surface area contributed by atoms with Crippen LogP contribution in [0.3, 0.4) is 0 Å². The van der Waals surface area contributed by atoms with E-state index in [9.17, 15) is 32.7 Å². The minimum Gasteiger partial charge on any atom is -0.477 e. The van der Waals surface area contributed by atoms with E-state index < -0.39 is 34.4 Å². The van der Waals surface area contributed by atoms with Crippen LogP contribution in [-0.2, 0) is 0 Å². The summed E-state index contributed by atoms with van der Waals surface area (Å²) in [6, 6.07) is 10.4. The lowest BCUT2D eigenvalue weighted by molar-refractivity contribution is 0.0695. The fraction of sp³-hybridized carbons (Fsp3) is 0.148. The van der Waals surface area contributed by atoms with Crippen molar-refractivity contribution in [3.05, 3.63) is 105 Å². The number of halogens is 3. The number of nitrogens with zero attached hydrogens (tertiary/aromatic N) is 4. The molecule has 1 saturated heterocycles. The third-order valence-corrected chi connectivity index (χ3v) is 6.33. The van der Waals surface area contributed by atoms with E-state index in [4.69, 9.17) is 5.73 Å². The number of nitrogens with one attached hydrogen (secondary N) is 1. The summed E-state index contributed by atoms with van der Waals surface area (Å²) >= 11 is 0. The van der Waals surface area contributed by atoms with Gasteiger partial charge in [0.05, 0.1) is 11.1 Å². The summed E-state index contributed by atoms with van der Waals surface area (Å²) < 4.78 is 43.5. The molecule has 0 spiro atoms. The van der Waals surface area contributed by atoms with Gasteiger partial charge in [0.1, 0.15) is 22.8 Å². The Hall–Kier alpha value is -5.04. The first kappa shape index (κ1) is 26.6. The largest absolute Gasteiger partial charge is 0.477 e. The minimum atomic E-state index is -1.57.